The van der Waals surface area contributed by atoms with E-state index in [2.05, 4.69) is 26.0 Å². The highest BCUT2D eigenvalue weighted by atomic mass is 32.2. The van der Waals surface area contributed by atoms with E-state index in [9.17, 15) is 29.4 Å². The SMILES string of the molecule is Cn1nnnc1SCC1=C(C(=O)O)N2C(=O)C(NC(=O)/C(=N/OC(=O)c3ccccc3)c3ccc(O)cc3)[C@H]2SC1. The Morgan fingerprint density at radius 1 is 1.15 bits per heavy atom. The minimum absolute atomic E-state index is 0.0596. The molecule has 3 N–H and O–H groups in total. The van der Waals surface area contributed by atoms with Crippen molar-refractivity contribution in [2.45, 2.75) is 16.6 Å². The topological polar surface area (TPSA) is 189 Å². The van der Waals surface area contributed by atoms with Crippen LogP contribution >= 0.6 is 23.5 Å². The number of carbonyl (C=O) groups is 4. The highest BCUT2D eigenvalue weighted by molar-refractivity contribution is 8.01. The normalized spacial score (nSPS) is 18.4. The summed E-state index contributed by atoms with van der Waals surface area (Å²) < 4.78 is 1.45. The number of oxime groups is 1. The van der Waals surface area contributed by atoms with Crippen molar-refractivity contribution >= 4 is 53.0 Å². The first-order valence-electron chi connectivity index (χ1n) is 11.9. The van der Waals surface area contributed by atoms with Crippen LogP contribution in [0.25, 0.3) is 0 Å². The lowest BCUT2D eigenvalue weighted by molar-refractivity contribution is -0.150. The molecule has 1 saturated heterocycles. The smallest absolute Gasteiger partial charge is 0.365 e. The van der Waals surface area contributed by atoms with Gasteiger partial charge in [0, 0.05) is 24.1 Å². The third-order valence-corrected chi connectivity index (χ3v) is 8.51. The molecule has 1 unspecified atom stereocenters. The Morgan fingerprint density at radius 2 is 1.88 bits per heavy atom. The van der Waals surface area contributed by atoms with Gasteiger partial charge in [0.25, 0.3) is 11.8 Å². The number of hydrogen-bond acceptors (Lipinski definition) is 12. The molecule has 2 aromatic carbocycles. The fourth-order valence-electron chi connectivity index (χ4n) is 4.06. The van der Waals surface area contributed by atoms with Crippen molar-refractivity contribution in [1.29, 1.82) is 0 Å². The maximum Gasteiger partial charge on any atom is 0.365 e. The molecule has 2 atom stereocenters. The zero-order chi connectivity index (χ0) is 29.1. The molecular formula is C25H21N7O7S2. The van der Waals surface area contributed by atoms with Crippen LogP contribution in [0.2, 0.25) is 0 Å². The van der Waals surface area contributed by atoms with Crippen molar-refractivity contribution in [3.63, 3.8) is 0 Å². The third-order valence-electron chi connectivity index (χ3n) is 6.08. The quantitative estimate of drug-likeness (QED) is 0.105. The molecule has 41 heavy (non-hydrogen) atoms. The van der Waals surface area contributed by atoms with Crippen LogP contribution in [0.4, 0.5) is 0 Å². The molecule has 2 aliphatic rings. The van der Waals surface area contributed by atoms with Crippen LogP contribution in [0.3, 0.4) is 0 Å². The van der Waals surface area contributed by atoms with E-state index in [1.54, 1.807) is 25.2 Å². The molecule has 16 heteroatoms. The predicted molar refractivity (Wildman–Crippen MR) is 146 cm³/mol. The number of benzene rings is 2. The van der Waals surface area contributed by atoms with Gasteiger partial charge in [-0.25, -0.2) is 14.3 Å². The maximum atomic E-state index is 13.3. The number of hydrogen-bond donors (Lipinski definition) is 3. The number of phenols is 1. The monoisotopic (exact) mass is 595 g/mol. The number of nitrogens with one attached hydrogen (secondary N) is 1. The summed E-state index contributed by atoms with van der Waals surface area (Å²) in [6, 6.07) is 12.4. The van der Waals surface area contributed by atoms with Gasteiger partial charge in [0.2, 0.25) is 5.16 Å². The Balaban J connectivity index is 1.33. The average molecular weight is 596 g/mol. The van der Waals surface area contributed by atoms with Gasteiger partial charge < -0.3 is 20.4 Å². The van der Waals surface area contributed by atoms with Crippen LogP contribution in [0, 0.1) is 0 Å². The van der Waals surface area contributed by atoms with Gasteiger partial charge >= 0.3 is 11.9 Å². The minimum Gasteiger partial charge on any atom is -0.508 e. The summed E-state index contributed by atoms with van der Waals surface area (Å²) in [6.45, 7) is 0. The fourth-order valence-corrected chi connectivity index (χ4v) is 6.39. The molecule has 3 aromatic rings. The molecule has 0 aliphatic carbocycles. The summed E-state index contributed by atoms with van der Waals surface area (Å²) in [6.07, 6.45) is 0. The number of carbonyl (C=O) groups excluding carboxylic acids is 3. The minimum atomic E-state index is -1.26. The van der Waals surface area contributed by atoms with Crippen LogP contribution in [-0.2, 0) is 26.3 Å². The lowest BCUT2D eigenvalue weighted by Gasteiger charge is -2.49. The molecule has 2 amide bonds. The van der Waals surface area contributed by atoms with Crippen molar-refractivity contribution < 1.29 is 34.2 Å². The van der Waals surface area contributed by atoms with E-state index in [1.165, 1.54) is 64.6 Å². The number of aromatic hydroxyl groups is 1. The number of aliphatic carboxylic acids is 1. The second kappa shape index (κ2) is 11.8. The Labute approximate surface area is 240 Å². The number of β-lactam (4-membered cyclic amide) rings is 1. The van der Waals surface area contributed by atoms with Crippen molar-refractivity contribution in [1.82, 2.24) is 30.4 Å². The largest absolute Gasteiger partial charge is 0.508 e. The average Bonchev–Trinajstić information content (AvgIpc) is 3.39. The number of amides is 2. The predicted octanol–water partition coefficient (Wildman–Crippen LogP) is 1.01. The number of phenolic OH excluding ortho intramolecular Hbond substituents is 1. The Hall–Kier alpha value is -4.70. The molecule has 2 aliphatic heterocycles. The number of aromatic nitrogens is 4. The highest BCUT2D eigenvalue weighted by Gasteiger charge is 2.54. The molecule has 3 heterocycles. The van der Waals surface area contributed by atoms with Crippen LogP contribution in [0.15, 0.2) is 76.2 Å². The van der Waals surface area contributed by atoms with E-state index in [1.807, 2.05) is 0 Å². The molecule has 14 nitrogen and oxygen atoms in total. The first-order valence-corrected chi connectivity index (χ1v) is 14.0. The summed E-state index contributed by atoms with van der Waals surface area (Å²) in [7, 11) is 1.66. The van der Waals surface area contributed by atoms with Crippen molar-refractivity contribution in [3.05, 3.63) is 77.0 Å². The van der Waals surface area contributed by atoms with E-state index >= 15 is 0 Å². The third kappa shape index (κ3) is 5.78. The summed E-state index contributed by atoms with van der Waals surface area (Å²) in [5, 5.41) is 36.9. The van der Waals surface area contributed by atoms with Gasteiger partial charge in [-0.15, -0.1) is 16.9 Å². The zero-order valence-electron chi connectivity index (χ0n) is 21.2. The number of carboxylic acids is 1. The second-order valence-electron chi connectivity index (χ2n) is 8.72. The molecule has 210 valence electrons. The van der Waals surface area contributed by atoms with E-state index in [0.29, 0.717) is 16.5 Å². The van der Waals surface area contributed by atoms with Gasteiger partial charge in [-0.3, -0.25) is 14.5 Å². The standard InChI is InChI=1S/C25H21N7O7S2/c1-31-25(27-29-30-31)41-12-15-11-40-22-18(21(35)32(22)19(15)23(36)37)26-20(34)17(13-7-9-16(33)10-8-13)28-39-24(38)14-5-3-2-4-6-14/h2-10,18,22,33H,11-12H2,1H3,(H,26,34)(H,36,37)/b28-17+/t18?,22-/m1/s1. The Kier molecular flexibility index (Phi) is 8.02. The van der Waals surface area contributed by atoms with Crippen LogP contribution in [0.1, 0.15) is 15.9 Å². The highest BCUT2D eigenvalue weighted by Crippen LogP contribution is 2.41. The number of rotatable bonds is 9. The van der Waals surface area contributed by atoms with E-state index < -0.39 is 35.2 Å². The number of nitrogens with zero attached hydrogens (tertiary/aromatic N) is 6. The fraction of sp³-hybridized carbons (Fsp3) is 0.200. The zero-order valence-corrected chi connectivity index (χ0v) is 22.8. The first-order chi connectivity index (χ1) is 19.7. The van der Waals surface area contributed by atoms with Gasteiger partial charge in [-0.05, 0) is 52.4 Å². The number of carboxylic acid groups (broad SMARTS) is 1. The van der Waals surface area contributed by atoms with Gasteiger partial charge in [0.15, 0.2) is 5.71 Å². The molecule has 0 spiro atoms. The van der Waals surface area contributed by atoms with Gasteiger partial charge in [0.05, 0.1) is 5.56 Å². The molecule has 0 bridgehead atoms. The van der Waals surface area contributed by atoms with Gasteiger partial charge in [-0.1, -0.05) is 35.1 Å². The number of aryl methyl sites for hydroxylation is 1. The second-order valence-corrected chi connectivity index (χ2v) is 10.8. The number of tetrazole rings is 1. The lowest BCUT2D eigenvalue weighted by Crippen LogP contribution is -2.71. The molecular weight excluding hydrogens is 574 g/mol. The van der Waals surface area contributed by atoms with Gasteiger partial charge in [-0.2, -0.15) is 0 Å². The Morgan fingerprint density at radius 3 is 2.54 bits per heavy atom. The molecule has 0 radical (unpaired) electrons. The van der Waals surface area contributed by atoms with Crippen LogP contribution in [0.5, 0.6) is 5.75 Å². The van der Waals surface area contributed by atoms with Crippen molar-refractivity contribution in [2.75, 3.05) is 11.5 Å². The summed E-state index contributed by atoms with van der Waals surface area (Å²) in [5.41, 5.74) is 0.483. The summed E-state index contributed by atoms with van der Waals surface area (Å²) in [5.74, 6) is -3.01. The Bertz CT molecular complexity index is 1570. The molecule has 5 rings (SSSR count). The number of thioether (sulfide) groups is 2. The van der Waals surface area contributed by atoms with E-state index in [4.69, 9.17) is 4.84 Å². The van der Waals surface area contributed by atoms with Crippen molar-refractivity contribution in [3.8, 4) is 5.75 Å². The molecule has 0 saturated carbocycles. The lowest BCUT2D eigenvalue weighted by atomic mass is 10.0. The maximum absolute atomic E-state index is 13.3. The molecule has 1 aromatic heterocycles. The van der Waals surface area contributed by atoms with Crippen molar-refractivity contribution in [2.24, 2.45) is 12.2 Å². The van der Waals surface area contributed by atoms with Crippen LogP contribution in [-0.4, -0.2) is 87.7 Å². The van der Waals surface area contributed by atoms with Crippen LogP contribution < -0.4 is 5.32 Å². The summed E-state index contributed by atoms with van der Waals surface area (Å²) >= 11 is 2.54. The van der Waals surface area contributed by atoms with E-state index in [-0.39, 0.29) is 34.0 Å². The summed E-state index contributed by atoms with van der Waals surface area (Å²) in [4.78, 5) is 57.2. The number of fused-ring (bicyclic) bond motifs is 1. The molecule has 1 fully saturated rings. The first kappa shape index (κ1) is 27.9. The van der Waals surface area contributed by atoms with E-state index in [0.717, 1.165) is 4.90 Å². The van der Waals surface area contributed by atoms with Gasteiger partial charge in [0.1, 0.15) is 22.9 Å².